The van der Waals surface area contributed by atoms with E-state index in [1.54, 1.807) is 40.0 Å². The van der Waals surface area contributed by atoms with Crippen LogP contribution in [0, 0.1) is 0 Å². The fraction of sp³-hybridized carbons (Fsp3) is 0.0769. The van der Waals surface area contributed by atoms with Crippen LogP contribution >= 0.6 is 34.2 Å². The van der Waals surface area contributed by atoms with Crippen molar-refractivity contribution >= 4 is 66.0 Å². The van der Waals surface area contributed by atoms with Crippen LogP contribution in [-0.4, -0.2) is 0 Å². The van der Waals surface area contributed by atoms with Crippen LogP contribution in [0.3, 0.4) is 0 Å². The molecular formula is C39H32Au2Cl2OP2. The van der Waals surface area contributed by atoms with E-state index in [4.69, 9.17) is 4.74 Å². The van der Waals surface area contributed by atoms with E-state index in [0.717, 1.165) is 11.5 Å². The number of halogens is 2. The summed E-state index contributed by atoms with van der Waals surface area (Å²) in [7, 11) is 7.52. The van der Waals surface area contributed by atoms with Gasteiger partial charge in [-0.15, -0.1) is 0 Å². The van der Waals surface area contributed by atoms with Crippen LogP contribution in [0.2, 0.25) is 0 Å². The first kappa shape index (κ1) is 35.4. The molecule has 0 saturated heterocycles. The van der Waals surface area contributed by atoms with Gasteiger partial charge in [-0.2, -0.15) is 0 Å². The van der Waals surface area contributed by atoms with Gasteiger partial charge in [0.05, 0.1) is 0 Å². The van der Waals surface area contributed by atoms with E-state index < -0.39 is 15.8 Å². The molecule has 6 aromatic carbocycles. The van der Waals surface area contributed by atoms with Crippen LogP contribution in [0.4, 0.5) is 0 Å². The third kappa shape index (κ3) is 7.37. The average molecular weight is 1040 g/mol. The summed E-state index contributed by atoms with van der Waals surface area (Å²) >= 11 is 3.50. The molecule has 1 heterocycles. The van der Waals surface area contributed by atoms with Gasteiger partial charge in [0.25, 0.3) is 0 Å². The molecule has 0 fully saturated rings. The molecule has 0 spiro atoms. The van der Waals surface area contributed by atoms with E-state index in [0.29, 0.717) is 0 Å². The topological polar surface area (TPSA) is 9.23 Å². The predicted octanol–water partition coefficient (Wildman–Crippen LogP) is 9.01. The van der Waals surface area contributed by atoms with E-state index in [1.807, 2.05) is 0 Å². The Balaban J connectivity index is 0.00000100. The van der Waals surface area contributed by atoms with Crippen molar-refractivity contribution in [1.29, 1.82) is 0 Å². The molecular weight excluding hydrogens is 1010 g/mol. The van der Waals surface area contributed by atoms with E-state index in [-0.39, 0.29) is 5.41 Å². The van der Waals surface area contributed by atoms with Crippen molar-refractivity contribution in [1.82, 2.24) is 0 Å². The van der Waals surface area contributed by atoms with Gasteiger partial charge in [0.1, 0.15) is 11.5 Å². The Labute approximate surface area is 307 Å². The van der Waals surface area contributed by atoms with Crippen molar-refractivity contribution in [3.63, 3.8) is 0 Å². The first-order valence-corrected chi connectivity index (χ1v) is 22.7. The molecule has 1 aliphatic rings. The zero-order valence-corrected chi connectivity index (χ0v) is 32.8. The predicted molar refractivity (Wildman–Crippen MR) is 194 cm³/mol. The molecule has 0 N–H and O–H groups in total. The van der Waals surface area contributed by atoms with Gasteiger partial charge in [-0.05, 0) is 37.1 Å². The minimum absolute atomic E-state index is 0.225. The third-order valence-electron chi connectivity index (χ3n) is 8.08. The van der Waals surface area contributed by atoms with Crippen molar-refractivity contribution in [2.24, 2.45) is 0 Å². The molecule has 0 bridgehead atoms. The molecule has 7 rings (SSSR count). The van der Waals surface area contributed by atoms with E-state index in [1.165, 1.54) is 43.0 Å². The van der Waals surface area contributed by atoms with E-state index in [2.05, 4.69) is 190 Å². The summed E-state index contributed by atoms with van der Waals surface area (Å²) < 4.78 is 7.26. The molecule has 7 heteroatoms. The van der Waals surface area contributed by atoms with Gasteiger partial charge < -0.3 is 4.74 Å². The number of para-hydroxylation sites is 2. The molecule has 0 atom stereocenters. The van der Waals surface area contributed by atoms with Crippen molar-refractivity contribution < 1.29 is 44.7 Å². The summed E-state index contributed by atoms with van der Waals surface area (Å²) in [6.45, 7) is 4.70. The first-order valence-electron chi connectivity index (χ1n) is 14.6. The van der Waals surface area contributed by atoms with Gasteiger partial charge in [-0.1, -0.05) is 172 Å². The normalized spacial score (nSPS) is 12.5. The molecule has 0 saturated carbocycles. The molecule has 0 aliphatic carbocycles. The molecule has 1 nitrogen and oxygen atoms in total. The second kappa shape index (κ2) is 16.9. The van der Waals surface area contributed by atoms with Crippen molar-refractivity contribution in [3.05, 3.63) is 169 Å². The molecule has 1 aliphatic heterocycles. The summed E-state index contributed by atoms with van der Waals surface area (Å²) in [5, 5.41) is 7.81. The zero-order chi connectivity index (χ0) is 32.5. The molecule has 0 radical (unpaired) electrons. The second-order valence-electron chi connectivity index (χ2n) is 11.0. The molecule has 46 heavy (non-hydrogen) atoms. The van der Waals surface area contributed by atoms with Gasteiger partial charge in [0, 0.05) is 27.2 Å². The molecule has 240 valence electrons. The van der Waals surface area contributed by atoms with Crippen LogP contribution in [0.25, 0.3) is 0 Å². The third-order valence-corrected chi connectivity index (χ3v) is 13.0. The maximum absolute atomic E-state index is 7.26. The van der Waals surface area contributed by atoms with Crippen LogP contribution in [0.5, 0.6) is 11.5 Å². The number of hydrogen-bond acceptors (Lipinski definition) is 1. The fourth-order valence-corrected chi connectivity index (χ4v) is 10.8. The van der Waals surface area contributed by atoms with Crippen molar-refractivity contribution in [2.45, 2.75) is 19.3 Å². The first-order chi connectivity index (χ1) is 22.6. The Bertz CT molecular complexity index is 1630. The van der Waals surface area contributed by atoms with Crippen LogP contribution in [-0.2, 0) is 45.4 Å². The molecule has 6 aromatic rings. The van der Waals surface area contributed by atoms with Crippen molar-refractivity contribution in [3.8, 4) is 11.5 Å². The number of hydrogen-bond donors (Lipinski definition) is 0. The Hall–Kier alpha value is -1.96. The second-order valence-corrected chi connectivity index (χ2v) is 15.4. The van der Waals surface area contributed by atoms with Gasteiger partial charge >= 0.3 is 58.4 Å². The van der Waals surface area contributed by atoms with Crippen LogP contribution in [0.1, 0.15) is 25.0 Å². The standard InChI is InChI=1S/C39H32OP2.2Au.2ClH/c1-39(2)33-25-15-27-35(41(29-17-7-3-8-18-29)30-19-9-4-10-20-30)37(33)40-38-34(39)26-16-28-36(38)42(31-21-11-5-12-22-31)32-23-13-6-14-24-32;;;;/h3-28H,1-2H3;;;2*1H/q;2*+1;;/p-2. The Morgan fingerprint density at radius 1 is 0.413 bits per heavy atom. The van der Waals surface area contributed by atoms with Gasteiger partial charge in [-0.3, -0.25) is 0 Å². The Kier molecular flexibility index (Phi) is 13.0. The zero-order valence-electron chi connectivity index (χ0n) is 25.2. The fourth-order valence-electron chi connectivity index (χ4n) is 6.01. The minimum atomic E-state index is -0.824. The van der Waals surface area contributed by atoms with Crippen LogP contribution in [0.15, 0.2) is 158 Å². The van der Waals surface area contributed by atoms with E-state index in [9.17, 15) is 0 Å². The van der Waals surface area contributed by atoms with Gasteiger partial charge in [0.15, 0.2) is 0 Å². The van der Waals surface area contributed by atoms with Crippen molar-refractivity contribution in [2.75, 3.05) is 0 Å². The summed E-state index contributed by atoms with van der Waals surface area (Å²) in [5.41, 5.74) is 2.26. The molecule has 0 unspecified atom stereocenters. The Morgan fingerprint density at radius 3 is 0.978 bits per heavy atom. The summed E-state index contributed by atoms with van der Waals surface area (Å²) in [6.07, 6.45) is 0. The molecule has 0 aromatic heterocycles. The number of ether oxygens (including phenoxy) is 1. The van der Waals surface area contributed by atoms with Gasteiger partial charge in [-0.25, -0.2) is 0 Å². The molecule has 0 amide bonds. The maximum atomic E-state index is 7.26. The van der Waals surface area contributed by atoms with Gasteiger partial charge in [0.2, 0.25) is 0 Å². The quantitative estimate of drug-likeness (QED) is 0.120. The monoisotopic (exact) mass is 1040 g/mol. The Morgan fingerprint density at radius 2 is 0.696 bits per heavy atom. The van der Waals surface area contributed by atoms with E-state index >= 15 is 0 Å². The number of fused-ring (bicyclic) bond motifs is 2. The summed E-state index contributed by atoms with van der Waals surface area (Å²) in [5.74, 6) is 2.02. The average Bonchev–Trinajstić information content (AvgIpc) is 3.13. The number of rotatable bonds is 6. The summed E-state index contributed by atoms with van der Waals surface area (Å²) in [6, 6.07) is 57.2. The van der Waals surface area contributed by atoms with Crippen LogP contribution < -0.4 is 36.6 Å². The SMILES string of the molecule is CC1(C)c2cccc(P(c3ccccc3)c3ccccc3)c2Oc2c(P(c3ccccc3)c3ccccc3)cccc21.[Cl][Au].[Cl][Au]. The number of benzene rings is 6. The summed E-state index contributed by atoms with van der Waals surface area (Å²) in [4.78, 5) is 0.